The van der Waals surface area contributed by atoms with Crippen molar-refractivity contribution in [2.75, 3.05) is 0 Å². The van der Waals surface area contributed by atoms with Crippen molar-refractivity contribution in [2.24, 2.45) is 0 Å². The van der Waals surface area contributed by atoms with E-state index in [4.69, 9.17) is 4.43 Å². The van der Waals surface area contributed by atoms with Gasteiger partial charge in [0, 0.05) is 23.0 Å². The molecule has 0 unspecified atom stereocenters. The van der Waals surface area contributed by atoms with Crippen molar-refractivity contribution in [1.29, 1.82) is 0 Å². The van der Waals surface area contributed by atoms with Crippen molar-refractivity contribution >= 4 is 30.1 Å². The fraction of sp³-hybridized carbons (Fsp3) is 0.389. The Hall–Kier alpha value is -1.81. The van der Waals surface area contributed by atoms with E-state index >= 15 is 0 Å². The number of nitrogens with zero attached hydrogens (tertiary/aromatic N) is 1. The van der Waals surface area contributed by atoms with Crippen LogP contribution in [-0.4, -0.2) is 18.3 Å². The molecule has 2 aromatic heterocycles. The Morgan fingerprint density at radius 2 is 1.82 bits per heavy atom. The Bertz CT molecular complexity index is 843. The van der Waals surface area contributed by atoms with Crippen LogP contribution in [0.1, 0.15) is 26.5 Å². The third kappa shape index (κ3) is 2.41. The van der Waals surface area contributed by atoms with E-state index < -0.39 is 8.32 Å². The quantitative estimate of drug-likeness (QED) is 0.643. The zero-order chi connectivity index (χ0) is 16.1. The van der Waals surface area contributed by atoms with Crippen molar-refractivity contribution in [2.45, 2.75) is 45.8 Å². The lowest BCUT2D eigenvalue weighted by molar-refractivity contribution is 0.493. The average Bonchev–Trinajstić information content (AvgIpc) is 2.76. The number of aryl methyl sites for hydroxylation is 1. The van der Waals surface area contributed by atoms with Crippen LogP contribution in [0.4, 0.5) is 0 Å². The van der Waals surface area contributed by atoms with Gasteiger partial charge in [-0.15, -0.1) is 0 Å². The standard InChI is InChI=1S/C18H24N2OSi/c1-12-17-15(9-10-19-12)14-8-7-13(11-16(14)20-17)21-22(5,6)18(2,3)4/h7-11,20H,1-6H3. The van der Waals surface area contributed by atoms with Crippen LogP contribution < -0.4 is 4.43 Å². The highest BCUT2D eigenvalue weighted by molar-refractivity contribution is 6.74. The summed E-state index contributed by atoms with van der Waals surface area (Å²) in [6.07, 6.45) is 1.87. The van der Waals surface area contributed by atoms with Gasteiger partial charge >= 0.3 is 0 Å². The second-order valence-electron chi connectivity index (χ2n) is 7.51. The van der Waals surface area contributed by atoms with Gasteiger partial charge in [0.2, 0.25) is 8.32 Å². The fourth-order valence-electron chi connectivity index (χ4n) is 2.46. The van der Waals surface area contributed by atoms with E-state index in [9.17, 15) is 0 Å². The molecular formula is C18H24N2OSi. The van der Waals surface area contributed by atoms with Crippen LogP contribution in [0.5, 0.6) is 5.75 Å². The van der Waals surface area contributed by atoms with Crippen LogP contribution >= 0.6 is 0 Å². The molecule has 0 aliphatic heterocycles. The molecule has 3 rings (SSSR count). The van der Waals surface area contributed by atoms with Gasteiger partial charge in [-0.3, -0.25) is 4.98 Å². The minimum absolute atomic E-state index is 0.197. The molecule has 22 heavy (non-hydrogen) atoms. The van der Waals surface area contributed by atoms with E-state index in [-0.39, 0.29) is 5.04 Å². The molecule has 0 radical (unpaired) electrons. The normalized spacial score (nSPS) is 13.0. The number of aromatic amines is 1. The summed E-state index contributed by atoms with van der Waals surface area (Å²) in [5.74, 6) is 0.955. The monoisotopic (exact) mass is 312 g/mol. The molecular weight excluding hydrogens is 288 g/mol. The molecule has 0 saturated heterocycles. The first-order valence-electron chi connectivity index (χ1n) is 7.75. The average molecular weight is 312 g/mol. The van der Waals surface area contributed by atoms with Gasteiger partial charge in [-0.05, 0) is 43.3 Å². The van der Waals surface area contributed by atoms with Gasteiger partial charge in [0.05, 0.1) is 16.7 Å². The summed E-state index contributed by atoms with van der Waals surface area (Å²) in [4.78, 5) is 7.85. The molecule has 0 aliphatic carbocycles. The van der Waals surface area contributed by atoms with Crippen LogP contribution in [0, 0.1) is 6.92 Å². The van der Waals surface area contributed by atoms with Gasteiger partial charge in [0.25, 0.3) is 0 Å². The summed E-state index contributed by atoms with van der Waals surface area (Å²) >= 11 is 0. The van der Waals surface area contributed by atoms with E-state index in [1.165, 1.54) is 10.8 Å². The van der Waals surface area contributed by atoms with Crippen LogP contribution in [0.15, 0.2) is 30.5 Å². The van der Waals surface area contributed by atoms with Crippen molar-refractivity contribution in [1.82, 2.24) is 9.97 Å². The van der Waals surface area contributed by atoms with E-state index in [0.717, 1.165) is 22.5 Å². The second-order valence-corrected chi connectivity index (χ2v) is 12.2. The van der Waals surface area contributed by atoms with Gasteiger partial charge < -0.3 is 9.41 Å². The number of fused-ring (bicyclic) bond motifs is 3. The molecule has 0 aliphatic rings. The lowest BCUT2D eigenvalue weighted by Crippen LogP contribution is -2.43. The number of benzene rings is 1. The molecule has 2 heterocycles. The molecule has 1 N–H and O–H groups in total. The number of hydrogen-bond acceptors (Lipinski definition) is 2. The van der Waals surface area contributed by atoms with Gasteiger partial charge in [0.1, 0.15) is 5.75 Å². The minimum atomic E-state index is -1.81. The molecule has 0 fully saturated rings. The Kier molecular flexibility index (Phi) is 3.33. The third-order valence-corrected chi connectivity index (χ3v) is 9.22. The predicted molar refractivity (Wildman–Crippen MR) is 96.2 cm³/mol. The number of aromatic nitrogens is 2. The van der Waals surface area contributed by atoms with E-state index in [1.54, 1.807) is 0 Å². The first kappa shape index (κ1) is 15.1. The fourth-order valence-corrected chi connectivity index (χ4v) is 3.48. The molecule has 3 nitrogen and oxygen atoms in total. The minimum Gasteiger partial charge on any atom is -0.543 e. The number of pyridine rings is 1. The molecule has 1 aromatic carbocycles. The summed E-state index contributed by atoms with van der Waals surface area (Å²) in [6.45, 7) is 13.4. The predicted octanol–water partition coefficient (Wildman–Crippen LogP) is 5.41. The molecule has 0 saturated carbocycles. The second kappa shape index (κ2) is 4.85. The SMILES string of the molecule is Cc1nccc2c1[nH]c1cc(O[Si](C)(C)C(C)(C)C)ccc12. The summed E-state index contributed by atoms with van der Waals surface area (Å²) in [5.41, 5.74) is 3.25. The molecule has 0 atom stereocenters. The first-order chi connectivity index (χ1) is 10.2. The number of rotatable bonds is 2. The topological polar surface area (TPSA) is 37.9 Å². The maximum atomic E-state index is 6.40. The van der Waals surface area contributed by atoms with Crippen LogP contribution in [0.25, 0.3) is 21.8 Å². The maximum absolute atomic E-state index is 6.40. The largest absolute Gasteiger partial charge is 0.543 e. The van der Waals surface area contributed by atoms with Crippen molar-refractivity contribution in [3.05, 3.63) is 36.2 Å². The highest BCUT2D eigenvalue weighted by atomic mass is 28.4. The van der Waals surface area contributed by atoms with Crippen LogP contribution in [-0.2, 0) is 0 Å². The first-order valence-corrected chi connectivity index (χ1v) is 10.7. The smallest absolute Gasteiger partial charge is 0.250 e. The van der Waals surface area contributed by atoms with E-state index in [2.05, 4.69) is 68.1 Å². The van der Waals surface area contributed by atoms with Gasteiger partial charge in [-0.25, -0.2) is 0 Å². The van der Waals surface area contributed by atoms with Crippen LogP contribution in [0.2, 0.25) is 18.1 Å². The summed E-state index contributed by atoms with van der Waals surface area (Å²) in [5, 5.41) is 2.65. The lowest BCUT2D eigenvalue weighted by Gasteiger charge is -2.36. The number of H-pyrrole nitrogens is 1. The summed E-state index contributed by atoms with van der Waals surface area (Å²) in [6, 6.07) is 8.42. The Morgan fingerprint density at radius 1 is 1.09 bits per heavy atom. The van der Waals surface area contributed by atoms with Crippen molar-refractivity contribution < 1.29 is 4.43 Å². The van der Waals surface area contributed by atoms with Crippen molar-refractivity contribution in [3.8, 4) is 5.75 Å². The van der Waals surface area contributed by atoms with Crippen molar-refractivity contribution in [3.63, 3.8) is 0 Å². The Labute approximate surface area is 132 Å². The van der Waals surface area contributed by atoms with Gasteiger partial charge in [-0.2, -0.15) is 0 Å². The zero-order valence-electron chi connectivity index (χ0n) is 14.2. The van der Waals surface area contributed by atoms with Crippen LogP contribution in [0.3, 0.4) is 0 Å². The number of hydrogen-bond donors (Lipinski definition) is 1. The molecule has 0 bridgehead atoms. The van der Waals surface area contributed by atoms with Gasteiger partial charge in [-0.1, -0.05) is 20.8 Å². The van der Waals surface area contributed by atoms with Gasteiger partial charge in [0.15, 0.2) is 0 Å². The number of nitrogens with one attached hydrogen (secondary N) is 1. The molecule has 116 valence electrons. The zero-order valence-corrected chi connectivity index (χ0v) is 15.2. The summed E-state index contributed by atoms with van der Waals surface area (Å²) in [7, 11) is -1.81. The lowest BCUT2D eigenvalue weighted by atomic mass is 10.1. The van der Waals surface area contributed by atoms with E-state index in [1.807, 2.05) is 13.1 Å². The third-order valence-electron chi connectivity index (χ3n) is 4.86. The molecule has 0 amide bonds. The highest BCUT2D eigenvalue weighted by Gasteiger charge is 2.39. The molecule has 0 spiro atoms. The van der Waals surface area contributed by atoms with E-state index in [0.29, 0.717) is 0 Å². The Balaban J connectivity index is 2.07. The molecule has 4 heteroatoms. The Morgan fingerprint density at radius 3 is 2.50 bits per heavy atom. The summed E-state index contributed by atoms with van der Waals surface area (Å²) < 4.78 is 6.40. The maximum Gasteiger partial charge on any atom is 0.250 e. The molecule has 3 aromatic rings. The highest BCUT2D eigenvalue weighted by Crippen LogP contribution is 2.38.